The average molecular weight is 459 g/mol. The summed E-state index contributed by atoms with van der Waals surface area (Å²) >= 11 is 0. The second-order valence-corrected chi connectivity index (χ2v) is 8.26. The summed E-state index contributed by atoms with van der Waals surface area (Å²) in [5.74, 6) is -2.26. The van der Waals surface area contributed by atoms with Gasteiger partial charge in [-0.15, -0.1) is 0 Å². The first-order chi connectivity index (χ1) is 15.7. The molecule has 9 heteroatoms. The van der Waals surface area contributed by atoms with E-state index in [9.17, 15) is 23.2 Å². The molecule has 7 nitrogen and oxygen atoms in total. The Labute approximate surface area is 190 Å². The van der Waals surface area contributed by atoms with Gasteiger partial charge in [-0.25, -0.2) is 8.78 Å². The van der Waals surface area contributed by atoms with Crippen LogP contribution in [0, 0.1) is 5.82 Å². The topological polar surface area (TPSA) is 113 Å². The Kier molecular flexibility index (Phi) is 8.11. The molecular weight excluding hydrogens is 432 g/mol. The van der Waals surface area contributed by atoms with E-state index in [1.165, 1.54) is 11.0 Å². The number of amides is 2. The van der Waals surface area contributed by atoms with Crippen LogP contribution < -0.4 is 11.1 Å². The van der Waals surface area contributed by atoms with Gasteiger partial charge in [0.05, 0.1) is 13.0 Å². The van der Waals surface area contributed by atoms with Crippen molar-refractivity contribution in [2.24, 2.45) is 5.73 Å². The summed E-state index contributed by atoms with van der Waals surface area (Å²) in [5.41, 5.74) is 7.81. The van der Waals surface area contributed by atoms with Crippen molar-refractivity contribution in [3.63, 3.8) is 0 Å². The summed E-state index contributed by atoms with van der Waals surface area (Å²) in [6, 6.07) is 11.3. The van der Waals surface area contributed by atoms with E-state index in [2.05, 4.69) is 5.32 Å². The number of hydrogen-bond donors (Lipinski definition) is 3. The number of likely N-dealkylation sites (tertiary alicyclic amines) is 1. The third-order valence-electron chi connectivity index (χ3n) is 5.59. The lowest BCUT2D eigenvalue weighted by molar-refractivity contribution is -0.138. The number of alkyl halides is 1. The maximum Gasteiger partial charge on any atom is 0.307 e. The normalized spacial score (nSPS) is 18.7. The van der Waals surface area contributed by atoms with E-state index in [-0.39, 0.29) is 38.8 Å². The molecule has 0 aliphatic carbocycles. The highest BCUT2D eigenvalue weighted by Crippen LogP contribution is 2.22. The highest BCUT2D eigenvalue weighted by molar-refractivity contribution is 5.88. The van der Waals surface area contributed by atoms with E-state index in [1.54, 1.807) is 42.5 Å². The zero-order valence-corrected chi connectivity index (χ0v) is 18.0. The molecule has 176 valence electrons. The Hall–Kier alpha value is -3.33. The van der Waals surface area contributed by atoms with Gasteiger partial charge in [-0.1, -0.05) is 42.5 Å². The summed E-state index contributed by atoms with van der Waals surface area (Å²) < 4.78 is 27.9. The number of carboxylic acids is 1. The number of nitrogens with zero attached hydrogens (tertiary/aromatic N) is 1. The van der Waals surface area contributed by atoms with Crippen molar-refractivity contribution in [3.05, 3.63) is 71.0 Å². The van der Waals surface area contributed by atoms with E-state index < -0.39 is 41.9 Å². The van der Waals surface area contributed by atoms with Crippen molar-refractivity contribution < 1.29 is 28.3 Å². The fourth-order valence-electron chi connectivity index (χ4n) is 3.93. The number of aliphatic carboxylic acids is 1. The van der Waals surface area contributed by atoms with Gasteiger partial charge in [0.25, 0.3) is 0 Å². The number of carbonyl (C=O) groups is 3. The third kappa shape index (κ3) is 6.82. The highest BCUT2D eigenvalue weighted by Gasteiger charge is 2.39. The number of halogens is 2. The largest absolute Gasteiger partial charge is 0.481 e. The van der Waals surface area contributed by atoms with Gasteiger partial charge in [0.15, 0.2) is 0 Å². The molecule has 1 aliphatic rings. The number of nitrogens with two attached hydrogens (primary N) is 1. The van der Waals surface area contributed by atoms with Crippen molar-refractivity contribution in [3.8, 4) is 0 Å². The number of rotatable bonds is 9. The van der Waals surface area contributed by atoms with Crippen molar-refractivity contribution >= 4 is 17.8 Å². The van der Waals surface area contributed by atoms with E-state index in [4.69, 9.17) is 10.8 Å². The molecule has 4 N–H and O–H groups in total. The van der Waals surface area contributed by atoms with Gasteiger partial charge in [-0.3, -0.25) is 14.4 Å². The first-order valence-corrected chi connectivity index (χ1v) is 10.7. The molecule has 0 radical (unpaired) electrons. The minimum absolute atomic E-state index is 0.0945. The van der Waals surface area contributed by atoms with Crippen LogP contribution in [0.25, 0.3) is 0 Å². The molecule has 1 aliphatic heterocycles. The average Bonchev–Trinajstić information content (AvgIpc) is 3.16. The molecule has 1 saturated heterocycles. The summed E-state index contributed by atoms with van der Waals surface area (Å²) in [4.78, 5) is 37.4. The van der Waals surface area contributed by atoms with Gasteiger partial charge < -0.3 is 21.1 Å². The monoisotopic (exact) mass is 459 g/mol. The van der Waals surface area contributed by atoms with Crippen LogP contribution in [0.15, 0.2) is 48.5 Å². The number of nitrogens with one attached hydrogen (secondary N) is 1. The molecule has 0 bridgehead atoms. The SMILES string of the molecule is N[C@@H](CC(=O)N1C[C@@H](F)C[C@@H]1C(=O)NCc1ccc(CC(=O)O)cc1)Cc1ccccc1F. The molecule has 3 atom stereocenters. The van der Waals surface area contributed by atoms with E-state index in [1.807, 2.05) is 0 Å². The number of carbonyl (C=O) groups excluding carboxylic acids is 2. The smallest absolute Gasteiger partial charge is 0.307 e. The Morgan fingerprint density at radius 3 is 2.45 bits per heavy atom. The predicted octanol–water partition coefficient (Wildman–Crippen LogP) is 1.97. The maximum atomic E-state index is 14.1. The van der Waals surface area contributed by atoms with Gasteiger partial charge in [-0.2, -0.15) is 0 Å². The Bertz CT molecular complexity index is 999. The van der Waals surface area contributed by atoms with E-state index >= 15 is 0 Å². The van der Waals surface area contributed by atoms with Gasteiger partial charge >= 0.3 is 5.97 Å². The van der Waals surface area contributed by atoms with E-state index in [0.29, 0.717) is 11.1 Å². The third-order valence-corrected chi connectivity index (χ3v) is 5.59. The molecule has 1 fully saturated rings. The molecular formula is C24H27F2N3O4. The second-order valence-electron chi connectivity index (χ2n) is 8.26. The first kappa shape index (κ1) is 24.3. The molecule has 2 amide bonds. The molecule has 3 rings (SSSR count). The lowest BCUT2D eigenvalue weighted by Crippen LogP contribution is -2.47. The summed E-state index contributed by atoms with van der Waals surface area (Å²) in [6.07, 6.45) is -1.49. The van der Waals surface area contributed by atoms with Crippen LogP contribution in [0.4, 0.5) is 8.78 Å². The fraction of sp³-hybridized carbons (Fsp3) is 0.375. The summed E-state index contributed by atoms with van der Waals surface area (Å²) in [7, 11) is 0. The molecule has 0 aromatic heterocycles. The predicted molar refractivity (Wildman–Crippen MR) is 117 cm³/mol. The van der Waals surface area contributed by atoms with Gasteiger partial charge in [-0.05, 0) is 29.2 Å². The second kappa shape index (κ2) is 11.0. The standard InChI is InChI=1S/C24H27F2N3O4/c25-18-11-21(24(33)28-13-16-7-5-15(6-8-16)9-23(31)32)29(14-18)22(30)12-19(27)10-17-3-1-2-4-20(17)26/h1-8,18-19,21H,9-14,27H2,(H,28,33)(H,31,32)/t18-,19+,21+/m0/s1. The molecule has 33 heavy (non-hydrogen) atoms. The minimum atomic E-state index is -1.32. The zero-order valence-electron chi connectivity index (χ0n) is 18.0. The van der Waals surface area contributed by atoms with Gasteiger partial charge in [0, 0.05) is 25.4 Å². The minimum Gasteiger partial charge on any atom is -0.481 e. The van der Waals surface area contributed by atoms with E-state index in [0.717, 1.165) is 5.56 Å². The van der Waals surface area contributed by atoms with Crippen molar-refractivity contribution in [2.75, 3.05) is 6.54 Å². The first-order valence-electron chi connectivity index (χ1n) is 10.7. The van der Waals surface area contributed by atoms with Crippen LogP contribution in [0.2, 0.25) is 0 Å². The quantitative estimate of drug-likeness (QED) is 0.531. The van der Waals surface area contributed by atoms with Crippen LogP contribution in [0.1, 0.15) is 29.5 Å². The van der Waals surface area contributed by atoms with Gasteiger partial charge in [0.1, 0.15) is 18.0 Å². The zero-order chi connectivity index (χ0) is 24.0. The molecule has 0 spiro atoms. The summed E-state index contributed by atoms with van der Waals surface area (Å²) in [5, 5.41) is 11.5. The van der Waals surface area contributed by atoms with Crippen LogP contribution in [-0.4, -0.2) is 52.6 Å². The molecule has 2 aromatic rings. The van der Waals surface area contributed by atoms with Gasteiger partial charge in [0.2, 0.25) is 11.8 Å². The molecule has 1 heterocycles. The van der Waals surface area contributed by atoms with Crippen LogP contribution in [0.5, 0.6) is 0 Å². The molecule has 0 unspecified atom stereocenters. The maximum absolute atomic E-state index is 14.1. The van der Waals surface area contributed by atoms with Crippen molar-refractivity contribution in [1.82, 2.24) is 10.2 Å². The fourth-order valence-corrected chi connectivity index (χ4v) is 3.93. The van der Waals surface area contributed by atoms with Crippen LogP contribution in [-0.2, 0) is 33.8 Å². The van der Waals surface area contributed by atoms with Crippen molar-refractivity contribution in [2.45, 2.75) is 50.5 Å². The molecule has 0 saturated carbocycles. The Morgan fingerprint density at radius 1 is 1.12 bits per heavy atom. The van der Waals surface area contributed by atoms with Crippen molar-refractivity contribution in [1.29, 1.82) is 0 Å². The number of benzene rings is 2. The van der Waals surface area contributed by atoms with Crippen LogP contribution >= 0.6 is 0 Å². The molecule has 2 aromatic carbocycles. The Morgan fingerprint density at radius 2 is 1.79 bits per heavy atom. The number of carboxylic acid groups (broad SMARTS) is 1. The lowest BCUT2D eigenvalue weighted by Gasteiger charge is -2.25. The summed E-state index contributed by atoms with van der Waals surface area (Å²) in [6.45, 7) is -0.0261. The number of hydrogen-bond acceptors (Lipinski definition) is 4. The van der Waals surface area contributed by atoms with Crippen LogP contribution in [0.3, 0.4) is 0 Å². The highest BCUT2D eigenvalue weighted by atomic mass is 19.1. The lowest BCUT2D eigenvalue weighted by atomic mass is 10.0. The Balaban J connectivity index is 1.55.